The molecule has 0 aliphatic heterocycles. The molecule has 0 spiro atoms. The summed E-state index contributed by atoms with van der Waals surface area (Å²) in [6, 6.07) is 3.52. The van der Waals surface area contributed by atoms with Crippen molar-refractivity contribution in [1.29, 1.82) is 0 Å². The molecule has 82 valence electrons. The summed E-state index contributed by atoms with van der Waals surface area (Å²) < 4.78 is 5.09. The van der Waals surface area contributed by atoms with Crippen LogP contribution in [0.15, 0.2) is 23.4 Å². The Kier molecular flexibility index (Phi) is 4.42. The Morgan fingerprint density at radius 2 is 2.47 bits per heavy atom. The molecule has 15 heavy (non-hydrogen) atoms. The van der Waals surface area contributed by atoms with Gasteiger partial charge in [-0.15, -0.1) is 0 Å². The summed E-state index contributed by atoms with van der Waals surface area (Å²) in [4.78, 5) is 14.9. The second kappa shape index (κ2) is 5.60. The number of thioether (sulfide) groups is 1. The molecular formula is C10H13NO3S. The quantitative estimate of drug-likeness (QED) is 0.780. The van der Waals surface area contributed by atoms with E-state index in [4.69, 9.17) is 9.84 Å². The molecule has 0 aliphatic rings. The van der Waals surface area contributed by atoms with Crippen molar-refractivity contribution in [3.05, 3.63) is 18.3 Å². The van der Waals surface area contributed by atoms with E-state index in [9.17, 15) is 4.79 Å². The van der Waals surface area contributed by atoms with Gasteiger partial charge in [0, 0.05) is 6.20 Å². The van der Waals surface area contributed by atoms with E-state index in [0.717, 1.165) is 0 Å². The Labute approximate surface area is 92.7 Å². The van der Waals surface area contributed by atoms with E-state index in [-0.39, 0.29) is 0 Å². The van der Waals surface area contributed by atoms with Crippen molar-refractivity contribution >= 4 is 17.7 Å². The SMILES string of the molecule is CCC(Sc1ncccc1OC)C(=O)O. The van der Waals surface area contributed by atoms with E-state index < -0.39 is 11.2 Å². The molecular weight excluding hydrogens is 214 g/mol. The average molecular weight is 227 g/mol. The third kappa shape index (κ3) is 3.13. The number of methoxy groups -OCH3 is 1. The zero-order chi connectivity index (χ0) is 11.3. The van der Waals surface area contributed by atoms with E-state index in [1.54, 1.807) is 25.4 Å². The number of carboxylic acid groups (broad SMARTS) is 1. The lowest BCUT2D eigenvalue weighted by Crippen LogP contribution is -2.15. The van der Waals surface area contributed by atoms with Crippen molar-refractivity contribution in [2.45, 2.75) is 23.6 Å². The summed E-state index contributed by atoms with van der Waals surface area (Å²) in [7, 11) is 1.54. The Balaban J connectivity index is 2.82. The number of hydrogen-bond donors (Lipinski definition) is 1. The number of pyridine rings is 1. The summed E-state index contributed by atoms with van der Waals surface area (Å²) in [6.07, 6.45) is 2.18. The second-order valence-electron chi connectivity index (χ2n) is 2.86. The van der Waals surface area contributed by atoms with Gasteiger partial charge in [-0.3, -0.25) is 4.79 Å². The molecule has 1 heterocycles. The smallest absolute Gasteiger partial charge is 0.317 e. The number of hydrogen-bond acceptors (Lipinski definition) is 4. The Bertz CT molecular complexity index is 343. The van der Waals surface area contributed by atoms with Crippen LogP contribution in [0.1, 0.15) is 13.3 Å². The average Bonchev–Trinajstić information content (AvgIpc) is 2.25. The fourth-order valence-corrected chi connectivity index (χ4v) is 1.99. The van der Waals surface area contributed by atoms with E-state index >= 15 is 0 Å². The number of carbonyl (C=O) groups is 1. The Morgan fingerprint density at radius 3 is 3.00 bits per heavy atom. The van der Waals surface area contributed by atoms with Crippen molar-refractivity contribution in [2.24, 2.45) is 0 Å². The molecule has 5 heteroatoms. The van der Waals surface area contributed by atoms with Crippen molar-refractivity contribution in [1.82, 2.24) is 4.98 Å². The minimum atomic E-state index is -0.824. The highest BCUT2D eigenvalue weighted by Gasteiger charge is 2.19. The van der Waals surface area contributed by atoms with Crippen LogP contribution in [0.3, 0.4) is 0 Å². The highest BCUT2D eigenvalue weighted by molar-refractivity contribution is 8.00. The van der Waals surface area contributed by atoms with Gasteiger partial charge in [-0.1, -0.05) is 18.7 Å². The lowest BCUT2D eigenvalue weighted by Gasteiger charge is -2.10. The van der Waals surface area contributed by atoms with Gasteiger partial charge in [0.1, 0.15) is 10.3 Å². The van der Waals surface area contributed by atoms with E-state index in [1.165, 1.54) is 11.8 Å². The molecule has 4 nitrogen and oxygen atoms in total. The van der Waals surface area contributed by atoms with E-state index in [1.807, 2.05) is 6.92 Å². The Morgan fingerprint density at radius 1 is 1.73 bits per heavy atom. The molecule has 1 unspecified atom stereocenters. The fourth-order valence-electron chi connectivity index (χ4n) is 1.06. The third-order valence-electron chi connectivity index (χ3n) is 1.86. The fraction of sp³-hybridized carbons (Fsp3) is 0.400. The standard InChI is InChI=1S/C10H13NO3S/c1-3-8(10(12)13)15-9-7(14-2)5-4-6-11-9/h4-6,8H,3H2,1-2H3,(H,12,13). The van der Waals surface area contributed by atoms with Crippen LogP contribution in [-0.4, -0.2) is 28.4 Å². The van der Waals surface area contributed by atoms with E-state index in [2.05, 4.69) is 4.98 Å². The van der Waals surface area contributed by atoms with Crippen LogP contribution in [0.2, 0.25) is 0 Å². The largest absolute Gasteiger partial charge is 0.494 e. The van der Waals surface area contributed by atoms with Gasteiger partial charge in [0.2, 0.25) is 0 Å². The van der Waals surface area contributed by atoms with Crippen molar-refractivity contribution in [3.8, 4) is 5.75 Å². The van der Waals surface area contributed by atoms with Gasteiger partial charge in [0.15, 0.2) is 5.75 Å². The predicted octanol–water partition coefficient (Wildman–Crippen LogP) is 2.05. The molecule has 0 saturated heterocycles. The molecule has 0 aliphatic carbocycles. The first-order chi connectivity index (χ1) is 7.19. The lowest BCUT2D eigenvalue weighted by atomic mass is 10.3. The lowest BCUT2D eigenvalue weighted by molar-refractivity contribution is -0.136. The molecule has 1 aromatic rings. The molecule has 0 saturated carbocycles. The number of rotatable bonds is 5. The number of carboxylic acids is 1. The van der Waals surface area contributed by atoms with Crippen molar-refractivity contribution in [2.75, 3.05) is 7.11 Å². The van der Waals surface area contributed by atoms with E-state index in [0.29, 0.717) is 17.2 Å². The summed E-state index contributed by atoms with van der Waals surface area (Å²) in [5.41, 5.74) is 0. The maximum absolute atomic E-state index is 10.8. The van der Waals surface area contributed by atoms with Crippen LogP contribution in [0, 0.1) is 0 Å². The summed E-state index contributed by atoms with van der Waals surface area (Å²) >= 11 is 1.21. The molecule has 0 amide bonds. The first-order valence-electron chi connectivity index (χ1n) is 4.57. The maximum Gasteiger partial charge on any atom is 0.317 e. The van der Waals surface area contributed by atoms with Gasteiger partial charge in [-0.25, -0.2) is 4.98 Å². The Hall–Kier alpha value is -1.23. The van der Waals surface area contributed by atoms with Crippen molar-refractivity contribution in [3.63, 3.8) is 0 Å². The monoisotopic (exact) mass is 227 g/mol. The number of aromatic nitrogens is 1. The molecule has 1 aromatic heterocycles. The third-order valence-corrected chi connectivity index (χ3v) is 3.21. The minimum Gasteiger partial charge on any atom is -0.494 e. The molecule has 0 fully saturated rings. The van der Waals surface area contributed by atoms with Gasteiger partial charge < -0.3 is 9.84 Å². The number of ether oxygens (including phenoxy) is 1. The van der Waals surface area contributed by atoms with Crippen LogP contribution < -0.4 is 4.74 Å². The van der Waals surface area contributed by atoms with Crippen molar-refractivity contribution < 1.29 is 14.6 Å². The second-order valence-corrected chi connectivity index (χ2v) is 4.06. The van der Waals surface area contributed by atoms with Gasteiger partial charge in [-0.05, 0) is 18.6 Å². The highest BCUT2D eigenvalue weighted by atomic mass is 32.2. The maximum atomic E-state index is 10.8. The highest BCUT2D eigenvalue weighted by Crippen LogP contribution is 2.30. The van der Waals surface area contributed by atoms with Crippen LogP contribution in [0.5, 0.6) is 5.75 Å². The summed E-state index contributed by atoms with van der Waals surface area (Å²) in [6.45, 7) is 1.83. The van der Waals surface area contributed by atoms with Gasteiger partial charge in [0.05, 0.1) is 7.11 Å². The molecule has 1 rings (SSSR count). The first-order valence-corrected chi connectivity index (χ1v) is 5.45. The first kappa shape index (κ1) is 11.8. The zero-order valence-corrected chi connectivity index (χ0v) is 9.45. The van der Waals surface area contributed by atoms with Gasteiger partial charge in [0.25, 0.3) is 0 Å². The minimum absolute atomic E-state index is 0.478. The molecule has 0 radical (unpaired) electrons. The molecule has 1 N–H and O–H groups in total. The molecule has 0 bridgehead atoms. The van der Waals surface area contributed by atoms with Gasteiger partial charge >= 0.3 is 5.97 Å². The van der Waals surface area contributed by atoms with Gasteiger partial charge in [-0.2, -0.15) is 0 Å². The zero-order valence-electron chi connectivity index (χ0n) is 8.64. The molecule has 0 aromatic carbocycles. The molecule has 1 atom stereocenters. The van der Waals surface area contributed by atoms with Crippen LogP contribution in [0.25, 0.3) is 0 Å². The summed E-state index contributed by atoms with van der Waals surface area (Å²) in [5.74, 6) is -0.211. The topological polar surface area (TPSA) is 59.4 Å². The predicted molar refractivity (Wildman–Crippen MR) is 58.4 cm³/mol. The normalized spacial score (nSPS) is 12.1. The summed E-state index contributed by atoms with van der Waals surface area (Å²) in [5, 5.41) is 9.05. The van der Waals surface area contributed by atoms with Crippen LogP contribution in [-0.2, 0) is 4.79 Å². The van der Waals surface area contributed by atoms with Crippen LogP contribution in [0.4, 0.5) is 0 Å². The van der Waals surface area contributed by atoms with Crippen LogP contribution >= 0.6 is 11.8 Å². The number of nitrogens with zero attached hydrogens (tertiary/aromatic N) is 1. The number of aliphatic carboxylic acids is 1.